The van der Waals surface area contributed by atoms with Crippen molar-refractivity contribution in [3.63, 3.8) is 0 Å². The molecule has 2 heteroatoms. The average Bonchev–Trinajstić information content (AvgIpc) is 2.47. The smallest absolute Gasteiger partial charge is 0.0354 e. The number of hydrogen-bond donors (Lipinski definition) is 1. The molecule has 1 aliphatic heterocycles. The Morgan fingerprint density at radius 2 is 2.05 bits per heavy atom. The number of hydrogen-bond acceptors (Lipinski definition) is 2. The molecule has 2 nitrogen and oxygen atoms in total. The second-order valence-corrected chi connectivity index (χ2v) is 6.91. The summed E-state index contributed by atoms with van der Waals surface area (Å²) in [6, 6.07) is 11.0. The Morgan fingerprint density at radius 3 is 2.85 bits per heavy atom. The molecule has 3 atom stereocenters. The first-order valence-corrected chi connectivity index (χ1v) is 8.23. The fraction of sp³-hybridized carbons (Fsp3) is 0.667. The van der Waals surface area contributed by atoms with Crippen LogP contribution in [0.3, 0.4) is 0 Å². The standard InChI is InChI=1S/C18H28N2/c1-13(2)17-12-20(14(3)11-19-17)18-10-6-8-15-7-4-5-9-16(15)18/h4-5,7,9,13-14,17-19H,6,8,10-12H2,1-3H3. The highest BCUT2D eigenvalue weighted by Crippen LogP contribution is 2.36. The molecule has 0 spiro atoms. The van der Waals surface area contributed by atoms with Crippen LogP contribution in [0.1, 0.15) is 50.8 Å². The summed E-state index contributed by atoms with van der Waals surface area (Å²) in [6.07, 6.45) is 3.93. The minimum Gasteiger partial charge on any atom is -0.311 e. The molecule has 0 bridgehead atoms. The summed E-state index contributed by atoms with van der Waals surface area (Å²) in [4.78, 5) is 2.76. The molecule has 1 N–H and O–H groups in total. The molecule has 0 radical (unpaired) electrons. The van der Waals surface area contributed by atoms with Crippen LogP contribution >= 0.6 is 0 Å². The lowest BCUT2D eigenvalue weighted by molar-refractivity contribution is 0.0691. The molecule has 110 valence electrons. The molecule has 0 saturated carbocycles. The topological polar surface area (TPSA) is 15.3 Å². The van der Waals surface area contributed by atoms with Gasteiger partial charge in [0, 0.05) is 31.2 Å². The van der Waals surface area contributed by atoms with E-state index in [4.69, 9.17) is 0 Å². The highest BCUT2D eigenvalue weighted by atomic mass is 15.3. The van der Waals surface area contributed by atoms with Gasteiger partial charge in [-0.05, 0) is 43.2 Å². The number of rotatable bonds is 2. The predicted octanol–water partition coefficient (Wildman–Crippen LogP) is 3.38. The molecular formula is C18H28N2. The fourth-order valence-electron chi connectivity index (χ4n) is 3.86. The normalized spacial score (nSPS) is 31.3. The fourth-order valence-corrected chi connectivity index (χ4v) is 3.86. The van der Waals surface area contributed by atoms with Gasteiger partial charge in [0.1, 0.15) is 0 Å². The quantitative estimate of drug-likeness (QED) is 0.888. The third kappa shape index (κ3) is 2.64. The summed E-state index contributed by atoms with van der Waals surface area (Å²) in [7, 11) is 0. The summed E-state index contributed by atoms with van der Waals surface area (Å²) < 4.78 is 0. The summed E-state index contributed by atoms with van der Waals surface area (Å²) in [6.45, 7) is 9.36. The van der Waals surface area contributed by atoms with Crippen molar-refractivity contribution in [1.82, 2.24) is 10.2 Å². The second kappa shape index (κ2) is 5.87. The first kappa shape index (κ1) is 14.1. The lowest BCUT2D eigenvalue weighted by Crippen LogP contribution is -2.58. The zero-order valence-corrected chi connectivity index (χ0v) is 13.1. The molecule has 20 heavy (non-hydrogen) atoms. The molecule has 0 aromatic heterocycles. The van der Waals surface area contributed by atoms with Crippen molar-refractivity contribution in [3.05, 3.63) is 35.4 Å². The van der Waals surface area contributed by atoms with E-state index in [2.05, 4.69) is 55.3 Å². The highest BCUT2D eigenvalue weighted by Gasteiger charge is 2.34. The Hall–Kier alpha value is -0.860. The van der Waals surface area contributed by atoms with Crippen LogP contribution in [0.15, 0.2) is 24.3 Å². The van der Waals surface area contributed by atoms with Crippen LogP contribution in [0, 0.1) is 5.92 Å². The van der Waals surface area contributed by atoms with Crippen molar-refractivity contribution < 1.29 is 0 Å². The summed E-state index contributed by atoms with van der Waals surface area (Å²) in [5.41, 5.74) is 3.17. The third-order valence-corrected chi connectivity index (χ3v) is 5.19. The Labute approximate surface area is 123 Å². The van der Waals surface area contributed by atoms with E-state index in [0.29, 0.717) is 24.0 Å². The van der Waals surface area contributed by atoms with Crippen molar-refractivity contribution in [2.75, 3.05) is 13.1 Å². The molecule has 1 saturated heterocycles. The number of nitrogens with zero attached hydrogens (tertiary/aromatic N) is 1. The van der Waals surface area contributed by atoms with Crippen molar-refractivity contribution in [2.45, 2.75) is 58.2 Å². The molecule has 1 aromatic carbocycles. The maximum absolute atomic E-state index is 3.72. The van der Waals surface area contributed by atoms with Gasteiger partial charge in [0.2, 0.25) is 0 Å². The monoisotopic (exact) mass is 272 g/mol. The predicted molar refractivity (Wildman–Crippen MR) is 84.9 cm³/mol. The maximum Gasteiger partial charge on any atom is 0.0354 e. The van der Waals surface area contributed by atoms with Gasteiger partial charge in [0.15, 0.2) is 0 Å². The Bertz CT molecular complexity index is 454. The van der Waals surface area contributed by atoms with Gasteiger partial charge < -0.3 is 5.32 Å². The van der Waals surface area contributed by atoms with Crippen LogP contribution in [0.25, 0.3) is 0 Å². The van der Waals surface area contributed by atoms with Crippen LogP contribution < -0.4 is 5.32 Å². The number of nitrogens with one attached hydrogen (secondary N) is 1. The summed E-state index contributed by atoms with van der Waals surface area (Å²) in [5, 5.41) is 3.72. The molecule has 1 heterocycles. The van der Waals surface area contributed by atoms with Gasteiger partial charge in [-0.1, -0.05) is 38.1 Å². The van der Waals surface area contributed by atoms with Gasteiger partial charge >= 0.3 is 0 Å². The lowest BCUT2D eigenvalue weighted by Gasteiger charge is -2.46. The van der Waals surface area contributed by atoms with Crippen molar-refractivity contribution in [2.24, 2.45) is 5.92 Å². The van der Waals surface area contributed by atoms with Gasteiger partial charge in [-0.15, -0.1) is 0 Å². The molecule has 0 amide bonds. The van der Waals surface area contributed by atoms with Crippen LogP contribution in [0.4, 0.5) is 0 Å². The maximum atomic E-state index is 3.72. The number of fused-ring (bicyclic) bond motifs is 1. The Kier molecular flexibility index (Phi) is 4.13. The van der Waals surface area contributed by atoms with Gasteiger partial charge in [0.05, 0.1) is 0 Å². The first-order valence-electron chi connectivity index (χ1n) is 8.23. The highest BCUT2D eigenvalue weighted by molar-refractivity contribution is 5.32. The molecule has 1 aliphatic carbocycles. The minimum absolute atomic E-state index is 0.637. The molecular weight excluding hydrogens is 244 g/mol. The molecule has 2 aliphatic rings. The van der Waals surface area contributed by atoms with Gasteiger partial charge in [-0.25, -0.2) is 0 Å². The van der Waals surface area contributed by atoms with E-state index in [-0.39, 0.29) is 0 Å². The van der Waals surface area contributed by atoms with E-state index in [0.717, 1.165) is 6.54 Å². The largest absolute Gasteiger partial charge is 0.311 e. The first-order chi connectivity index (χ1) is 9.66. The van der Waals surface area contributed by atoms with Crippen molar-refractivity contribution in [1.29, 1.82) is 0 Å². The van der Waals surface area contributed by atoms with Crippen LogP contribution in [-0.4, -0.2) is 30.1 Å². The second-order valence-electron chi connectivity index (χ2n) is 6.91. The summed E-state index contributed by atoms with van der Waals surface area (Å²) >= 11 is 0. The van der Waals surface area contributed by atoms with Crippen LogP contribution in [0.5, 0.6) is 0 Å². The van der Waals surface area contributed by atoms with E-state index in [1.807, 2.05) is 0 Å². The van der Waals surface area contributed by atoms with E-state index >= 15 is 0 Å². The number of benzene rings is 1. The van der Waals surface area contributed by atoms with Gasteiger partial charge in [-0.3, -0.25) is 4.90 Å². The Morgan fingerprint density at radius 1 is 1.25 bits per heavy atom. The van der Waals surface area contributed by atoms with E-state index in [9.17, 15) is 0 Å². The number of piperazine rings is 1. The van der Waals surface area contributed by atoms with E-state index in [1.165, 1.54) is 25.8 Å². The average molecular weight is 272 g/mol. The SMILES string of the molecule is CC(C)C1CN(C2CCCc3ccccc32)C(C)CN1. The third-order valence-electron chi connectivity index (χ3n) is 5.19. The molecule has 1 aromatic rings. The summed E-state index contributed by atoms with van der Waals surface area (Å²) in [5.74, 6) is 0.712. The zero-order valence-electron chi connectivity index (χ0n) is 13.1. The van der Waals surface area contributed by atoms with Crippen LogP contribution in [-0.2, 0) is 6.42 Å². The van der Waals surface area contributed by atoms with Crippen molar-refractivity contribution >= 4 is 0 Å². The lowest BCUT2D eigenvalue weighted by atomic mass is 9.85. The van der Waals surface area contributed by atoms with E-state index < -0.39 is 0 Å². The Balaban J connectivity index is 1.84. The zero-order chi connectivity index (χ0) is 14.1. The molecule has 1 fully saturated rings. The van der Waals surface area contributed by atoms with Crippen molar-refractivity contribution in [3.8, 4) is 0 Å². The molecule has 3 rings (SSSR count). The minimum atomic E-state index is 0.637. The van der Waals surface area contributed by atoms with E-state index in [1.54, 1.807) is 11.1 Å². The van der Waals surface area contributed by atoms with Gasteiger partial charge in [0.25, 0.3) is 0 Å². The molecule has 3 unspecified atom stereocenters. The van der Waals surface area contributed by atoms with Crippen LogP contribution in [0.2, 0.25) is 0 Å². The van der Waals surface area contributed by atoms with Gasteiger partial charge in [-0.2, -0.15) is 0 Å². The number of aryl methyl sites for hydroxylation is 1.